The summed E-state index contributed by atoms with van der Waals surface area (Å²) in [6.45, 7) is 1.91. The largest absolute Gasteiger partial charge is 0.358 e. The number of amides is 2. The molecule has 2 amide bonds. The van der Waals surface area contributed by atoms with Gasteiger partial charge in [0.2, 0.25) is 0 Å². The fourth-order valence-electron chi connectivity index (χ4n) is 3.38. The van der Waals surface area contributed by atoms with Crippen molar-refractivity contribution in [1.82, 2.24) is 9.88 Å². The number of nitrogens with zero attached hydrogens (tertiary/aromatic N) is 1. The number of aromatic nitrogens is 1. The number of hydrogen-bond acceptors (Lipinski definition) is 2. The van der Waals surface area contributed by atoms with Crippen molar-refractivity contribution < 1.29 is 9.59 Å². The van der Waals surface area contributed by atoms with Gasteiger partial charge in [0, 0.05) is 34.2 Å². The van der Waals surface area contributed by atoms with Crippen LogP contribution >= 0.6 is 11.6 Å². The Morgan fingerprint density at radius 2 is 1.68 bits per heavy atom. The number of carbonyl (C=O) groups excluding carboxylic acids is 2. The van der Waals surface area contributed by atoms with Crippen molar-refractivity contribution in [2.24, 2.45) is 0 Å². The van der Waals surface area contributed by atoms with E-state index in [-0.39, 0.29) is 11.8 Å². The van der Waals surface area contributed by atoms with Gasteiger partial charge in [0.25, 0.3) is 11.8 Å². The highest BCUT2D eigenvalue weighted by molar-refractivity contribution is 6.50. The summed E-state index contributed by atoms with van der Waals surface area (Å²) >= 11 is 6.10. The number of halogens is 1. The number of nitrogens with one attached hydrogen (secondary N) is 1. The van der Waals surface area contributed by atoms with Gasteiger partial charge in [-0.3, -0.25) is 14.5 Å². The molecule has 0 unspecified atom stereocenters. The molecule has 0 saturated heterocycles. The molecule has 124 valence electrons. The second kappa shape index (κ2) is 5.60. The summed E-state index contributed by atoms with van der Waals surface area (Å²) < 4.78 is 0. The van der Waals surface area contributed by atoms with E-state index in [1.54, 1.807) is 24.3 Å². The summed E-state index contributed by atoms with van der Waals surface area (Å²) in [5.74, 6) is -0.611. The topological polar surface area (TPSA) is 53.2 Å². The molecular weight excluding hydrogens is 336 g/mol. The molecule has 4 rings (SSSR count). The molecule has 0 bridgehead atoms. The van der Waals surface area contributed by atoms with Crippen LogP contribution in [0.3, 0.4) is 0 Å². The predicted octanol–water partition coefficient (Wildman–Crippen LogP) is 4.04. The van der Waals surface area contributed by atoms with Gasteiger partial charge in [-0.1, -0.05) is 41.9 Å². The SMILES string of the molecule is Cc1[nH]c2ccccc2c1C1=C(c2cccc(Cl)c2)C(=O)N(C)C1=O. The molecule has 1 aliphatic rings. The summed E-state index contributed by atoms with van der Waals surface area (Å²) in [7, 11) is 1.51. The maximum Gasteiger partial charge on any atom is 0.262 e. The van der Waals surface area contributed by atoms with Gasteiger partial charge in [-0.05, 0) is 30.7 Å². The smallest absolute Gasteiger partial charge is 0.262 e. The van der Waals surface area contributed by atoms with Gasteiger partial charge in [-0.15, -0.1) is 0 Å². The van der Waals surface area contributed by atoms with Gasteiger partial charge in [0.15, 0.2) is 0 Å². The third kappa shape index (κ3) is 2.29. The maximum atomic E-state index is 12.9. The van der Waals surface area contributed by atoms with Gasteiger partial charge < -0.3 is 4.98 Å². The van der Waals surface area contributed by atoms with Crippen molar-refractivity contribution in [3.63, 3.8) is 0 Å². The van der Waals surface area contributed by atoms with E-state index in [0.29, 0.717) is 21.7 Å². The zero-order chi connectivity index (χ0) is 17.7. The molecule has 1 N–H and O–H groups in total. The quantitative estimate of drug-likeness (QED) is 0.709. The van der Waals surface area contributed by atoms with Crippen LogP contribution in [0.15, 0.2) is 48.5 Å². The van der Waals surface area contributed by atoms with Crippen molar-refractivity contribution in [2.45, 2.75) is 6.92 Å². The third-order valence-electron chi connectivity index (χ3n) is 4.54. The summed E-state index contributed by atoms with van der Waals surface area (Å²) in [4.78, 5) is 30.1. The van der Waals surface area contributed by atoms with Crippen LogP contribution in [0.1, 0.15) is 16.8 Å². The van der Waals surface area contributed by atoms with E-state index in [2.05, 4.69) is 4.98 Å². The molecular formula is C20H15ClN2O2. The van der Waals surface area contributed by atoms with E-state index in [0.717, 1.165) is 27.1 Å². The summed E-state index contributed by atoms with van der Waals surface area (Å²) in [5.41, 5.74) is 4.02. The van der Waals surface area contributed by atoms with Crippen molar-refractivity contribution in [2.75, 3.05) is 7.05 Å². The second-order valence-corrected chi connectivity index (χ2v) is 6.54. The first kappa shape index (κ1) is 15.7. The molecule has 1 aromatic heterocycles. The van der Waals surface area contributed by atoms with Gasteiger partial charge in [0.05, 0.1) is 11.1 Å². The minimum atomic E-state index is -0.313. The molecule has 0 radical (unpaired) electrons. The highest BCUT2D eigenvalue weighted by Crippen LogP contribution is 2.39. The molecule has 4 nitrogen and oxygen atoms in total. The standard InChI is InChI=1S/C20H15ClN2O2/c1-11-16(14-8-3-4-9-15(14)22-11)18-17(19(24)23(2)20(18)25)12-6-5-7-13(21)10-12/h3-10,22H,1-2H3. The van der Waals surface area contributed by atoms with Gasteiger partial charge in [-0.25, -0.2) is 0 Å². The van der Waals surface area contributed by atoms with E-state index in [1.165, 1.54) is 7.05 Å². The van der Waals surface area contributed by atoms with E-state index in [9.17, 15) is 9.59 Å². The minimum Gasteiger partial charge on any atom is -0.358 e. The van der Waals surface area contributed by atoms with Crippen molar-refractivity contribution in [3.8, 4) is 0 Å². The average Bonchev–Trinajstić information content (AvgIpc) is 3.03. The molecule has 5 heteroatoms. The van der Waals surface area contributed by atoms with Crippen LogP contribution in [0.25, 0.3) is 22.0 Å². The monoisotopic (exact) mass is 350 g/mol. The van der Waals surface area contributed by atoms with Gasteiger partial charge >= 0.3 is 0 Å². The highest BCUT2D eigenvalue weighted by atomic mass is 35.5. The molecule has 1 aliphatic heterocycles. The Morgan fingerprint density at radius 1 is 0.960 bits per heavy atom. The van der Waals surface area contributed by atoms with Crippen LogP contribution in [0.5, 0.6) is 0 Å². The number of H-pyrrole nitrogens is 1. The molecule has 0 aliphatic carbocycles. The first-order valence-electron chi connectivity index (χ1n) is 7.89. The Balaban J connectivity index is 2.08. The molecule has 25 heavy (non-hydrogen) atoms. The Morgan fingerprint density at radius 3 is 2.44 bits per heavy atom. The van der Waals surface area contributed by atoms with Crippen LogP contribution in [0, 0.1) is 6.92 Å². The fraction of sp³-hybridized carbons (Fsp3) is 0.100. The lowest BCUT2D eigenvalue weighted by molar-refractivity contribution is -0.134. The lowest BCUT2D eigenvalue weighted by atomic mass is 9.94. The number of hydrogen-bond donors (Lipinski definition) is 1. The number of benzene rings is 2. The first-order chi connectivity index (χ1) is 12.0. The minimum absolute atomic E-state index is 0.298. The molecule has 0 atom stereocenters. The van der Waals surface area contributed by atoms with Crippen LogP contribution in [0.2, 0.25) is 5.02 Å². The number of para-hydroxylation sites is 1. The Hall–Kier alpha value is -2.85. The zero-order valence-electron chi connectivity index (χ0n) is 13.8. The molecule has 0 spiro atoms. The van der Waals surface area contributed by atoms with Crippen LogP contribution in [-0.2, 0) is 9.59 Å². The number of likely N-dealkylation sites (N-methyl/N-ethyl adjacent to an activating group) is 1. The predicted molar refractivity (Wildman–Crippen MR) is 99.1 cm³/mol. The van der Waals surface area contributed by atoms with E-state index >= 15 is 0 Å². The summed E-state index contributed by atoms with van der Waals surface area (Å²) in [6.07, 6.45) is 0. The van der Waals surface area contributed by atoms with Crippen molar-refractivity contribution >= 4 is 45.5 Å². The first-order valence-corrected chi connectivity index (χ1v) is 8.27. The summed E-state index contributed by atoms with van der Waals surface area (Å²) in [5, 5.41) is 1.45. The highest BCUT2D eigenvalue weighted by Gasteiger charge is 2.38. The number of rotatable bonds is 2. The number of aromatic amines is 1. The molecule has 0 saturated carbocycles. The third-order valence-corrected chi connectivity index (χ3v) is 4.78. The lowest BCUT2D eigenvalue weighted by Crippen LogP contribution is -2.26. The normalized spacial score (nSPS) is 14.9. The Labute approximate surface area is 149 Å². The molecule has 2 heterocycles. The zero-order valence-corrected chi connectivity index (χ0v) is 14.5. The van der Waals surface area contributed by atoms with E-state index in [4.69, 9.17) is 11.6 Å². The number of aryl methyl sites for hydroxylation is 1. The lowest BCUT2D eigenvalue weighted by Gasteiger charge is -2.06. The average molecular weight is 351 g/mol. The summed E-state index contributed by atoms with van der Waals surface area (Å²) in [6, 6.07) is 14.8. The molecule has 2 aromatic carbocycles. The fourth-order valence-corrected chi connectivity index (χ4v) is 3.57. The molecule has 3 aromatic rings. The van der Waals surface area contributed by atoms with Crippen LogP contribution < -0.4 is 0 Å². The number of fused-ring (bicyclic) bond motifs is 1. The van der Waals surface area contributed by atoms with Crippen LogP contribution in [0.4, 0.5) is 0 Å². The molecule has 0 fully saturated rings. The Kier molecular flexibility index (Phi) is 3.51. The van der Waals surface area contributed by atoms with E-state index < -0.39 is 0 Å². The van der Waals surface area contributed by atoms with Crippen molar-refractivity contribution in [3.05, 3.63) is 70.4 Å². The van der Waals surface area contributed by atoms with Crippen molar-refractivity contribution in [1.29, 1.82) is 0 Å². The second-order valence-electron chi connectivity index (χ2n) is 6.10. The van der Waals surface area contributed by atoms with Gasteiger partial charge in [-0.2, -0.15) is 0 Å². The maximum absolute atomic E-state index is 12.9. The van der Waals surface area contributed by atoms with Gasteiger partial charge in [0.1, 0.15) is 0 Å². The number of imide groups is 1. The van der Waals surface area contributed by atoms with E-state index in [1.807, 2.05) is 31.2 Å². The Bertz CT molecular complexity index is 1080. The van der Waals surface area contributed by atoms with Crippen LogP contribution in [-0.4, -0.2) is 28.7 Å². The number of carbonyl (C=O) groups is 2.